The van der Waals surface area contributed by atoms with E-state index in [1.807, 2.05) is 11.6 Å². The van der Waals surface area contributed by atoms with Crippen molar-refractivity contribution < 1.29 is 0 Å². The molecule has 1 heterocycles. The van der Waals surface area contributed by atoms with E-state index in [2.05, 4.69) is 42.6 Å². The Labute approximate surface area is 118 Å². The summed E-state index contributed by atoms with van der Waals surface area (Å²) in [6, 6.07) is 6.15. The number of hydrazine groups is 1. The van der Waals surface area contributed by atoms with E-state index in [0.29, 0.717) is 5.02 Å². The van der Waals surface area contributed by atoms with E-state index in [0.717, 1.165) is 17.8 Å². The Morgan fingerprint density at radius 2 is 2.16 bits per heavy atom. The summed E-state index contributed by atoms with van der Waals surface area (Å²) in [5, 5.41) is 4.90. The number of hydrogen-bond donors (Lipinski definition) is 2. The highest BCUT2D eigenvalue weighted by Gasteiger charge is 2.22. The van der Waals surface area contributed by atoms with Crippen LogP contribution in [0.5, 0.6) is 0 Å². The molecule has 1 aromatic heterocycles. The van der Waals surface area contributed by atoms with Crippen molar-refractivity contribution in [2.45, 2.75) is 33.4 Å². The van der Waals surface area contributed by atoms with Crippen molar-refractivity contribution in [2.75, 3.05) is 0 Å². The molecule has 2 aromatic rings. The highest BCUT2D eigenvalue weighted by atomic mass is 35.5. The Balaban J connectivity index is 2.56. The SMILES string of the molecule is CCn1ncc(Cl)c1C(NN)c1cc(C)ccc1C. The highest BCUT2D eigenvalue weighted by molar-refractivity contribution is 6.31. The van der Waals surface area contributed by atoms with Crippen LogP contribution >= 0.6 is 11.6 Å². The van der Waals surface area contributed by atoms with E-state index in [1.165, 1.54) is 11.1 Å². The summed E-state index contributed by atoms with van der Waals surface area (Å²) in [5.74, 6) is 5.76. The van der Waals surface area contributed by atoms with Gasteiger partial charge in [-0.25, -0.2) is 5.43 Å². The van der Waals surface area contributed by atoms with Crippen molar-refractivity contribution >= 4 is 11.6 Å². The summed E-state index contributed by atoms with van der Waals surface area (Å²) in [6.07, 6.45) is 1.66. The first-order valence-corrected chi connectivity index (χ1v) is 6.70. The summed E-state index contributed by atoms with van der Waals surface area (Å²) in [4.78, 5) is 0. The van der Waals surface area contributed by atoms with Crippen molar-refractivity contribution in [3.8, 4) is 0 Å². The fourth-order valence-corrected chi connectivity index (χ4v) is 2.55. The van der Waals surface area contributed by atoms with Crippen LogP contribution in [0.3, 0.4) is 0 Å². The molecule has 0 spiro atoms. The number of benzene rings is 1. The van der Waals surface area contributed by atoms with Crippen LogP contribution < -0.4 is 11.3 Å². The molecule has 4 nitrogen and oxygen atoms in total. The number of rotatable bonds is 4. The molecule has 0 radical (unpaired) electrons. The minimum absolute atomic E-state index is 0.158. The van der Waals surface area contributed by atoms with E-state index in [-0.39, 0.29) is 6.04 Å². The van der Waals surface area contributed by atoms with Crippen LogP contribution in [0.2, 0.25) is 5.02 Å². The number of nitrogens with two attached hydrogens (primary N) is 1. The van der Waals surface area contributed by atoms with Crippen LogP contribution in [-0.4, -0.2) is 9.78 Å². The third-order valence-corrected chi connectivity index (χ3v) is 3.61. The van der Waals surface area contributed by atoms with Crippen LogP contribution in [0.4, 0.5) is 0 Å². The van der Waals surface area contributed by atoms with Crippen LogP contribution in [-0.2, 0) is 6.54 Å². The number of nitrogens with zero attached hydrogens (tertiary/aromatic N) is 2. The molecule has 3 N–H and O–H groups in total. The van der Waals surface area contributed by atoms with Gasteiger partial charge in [0.25, 0.3) is 0 Å². The summed E-state index contributed by atoms with van der Waals surface area (Å²) in [6.45, 7) is 6.92. The van der Waals surface area contributed by atoms with Gasteiger partial charge in [0.1, 0.15) is 0 Å². The smallest absolute Gasteiger partial charge is 0.0896 e. The molecule has 0 fully saturated rings. The molecule has 0 amide bonds. The minimum Gasteiger partial charge on any atom is -0.271 e. The quantitative estimate of drug-likeness (QED) is 0.668. The molecule has 19 heavy (non-hydrogen) atoms. The lowest BCUT2D eigenvalue weighted by molar-refractivity contribution is 0.542. The second-order valence-electron chi connectivity index (χ2n) is 4.65. The standard InChI is InChI=1S/C14H19ClN4/c1-4-19-14(12(15)8-17-19)13(18-16)11-7-9(2)5-6-10(11)3/h5-8,13,18H,4,16H2,1-3H3. The maximum atomic E-state index is 6.26. The zero-order valence-corrected chi connectivity index (χ0v) is 12.2. The molecule has 102 valence electrons. The number of hydrogen-bond acceptors (Lipinski definition) is 3. The zero-order chi connectivity index (χ0) is 14.0. The molecule has 0 aliphatic heterocycles. The average molecular weight is 279 g/mol. The average Bonchev–Trinajstić information content (AvgIpc) is 2.76. The summed E-state index contributed by atoms with van der Waals surface area (Å²) >= 11 is 6.26. The van der Waals surface area contributed by atoms with E-state index < -0.39 is 0 Å². The van der Waals surface area contributed by atoms with Gasteiger partial charge in [0, 0.05) is 6.54 Å². The van der Waals surface area contributed by atoms with Crippen LogP contribution in [0.15, 0.2) is 24.4 Å². The Morgan fingerprint density at radius 3 is 2.79 bits per heavy atom. The fourth-order valence-electron chi connectivity index (χ4n) is 2.30. The van der Waals surface area contributed by atoms with Crippen molar-refractivity contribution in [1.29, 1.82) is 0 Å². The fraction of sp³-hybridized carbons (Fsp3) is 0.357. The van der Waals surface area contributed by atoms with Crippen molar-refractivity contribution in [3.63, 3.8) is 0 Å². The maximum absolute atomic E-state index is 6.26. The first kappa shape index (κ1) is 14.1. The molecule has 1 atom stereocenters. The van der Waals surface area contributed by atoms with Crippen molar-refractivity contribution in [2.24, 2.45) is 5.84 Å². The third-order valence-electron chi connectivity index (χ3n) is 3.32. The number of aryl methyl sites for hydroxylation is 3. The molecule has 0 saturated heterocycles. The Kier molecular flexibility index (Phi) is 4.24. The summed E-state index contributed by atoms with van der Waals surface area (Å²) < 4.78 is 1.87. The molecule has 1 unspecified atom stereocenters. The topological polar surface area (TPSA) is 55.9 Å². The van der Waals surface area contributed by atoms with Gasteiger partial charge in [-0.3, -0.25) is 10.5 Å². The van der Waals surface area contributed by atoms with Gasteiger partial charge in [-0.05, 0) is 31.9 Å². The molecular weight excluding hydrogens is 260 g/mol. The van der Waals surface area contributed by atoms with Gasteiger partial charge in [-0.15, -0.1) is 0 Å². The second-order valence-corrected chi connectivity index (χ2v) is 5.06. The third kappa shape index (κ3) is 2.66. The van der Waals surface area contributed by atoms with E-state index in [9.17, 15) is 0 Å². The van der Waals surface area contributed by atoms with Gasteiger partial charge >= 0.3 is 0 Å². The predicted octanol–water partition coefficient (Wildman–Crippen LogP) is 2.73. The van der Waals surface area contributed by atoms with Gasteiger partial charge in [-0.1, -0.05) is 35.4 Å². The Bertz CT molecular complexity index is 577. The van der Waals surface area contributed by atoms with Gasteiger partial charge in [0.2, 0.25) is 0 Å². The Morgan fingerprint density at radius 1 is 1.42 bits per heavy atom. The van der Waals surface area contributed by atoms with E-state index in [1.54, 1.807) is 6.20 Å². The normalized spacial score (nSPS) is 12.7. The largest absolute Gasteiger partial charge is 0.271 e. The molecule has 0 bridgehead atoms. The highest BCUT2D eigenvalue weighted by Crippen LogP contribution is 2.30. The first-order chi connectivity index (χ1) is 9.08. The number of aromatic nitrogens is 2. The number of nitrogens with one attached hydrogen (secondary N) is 1. The molecule has 0 aliphatic carbocycles. The monoisotopic (exact) mass is 278 g/mol. The van der Waals surface area contributed by atoms with Crippen molar-refractivity contribution in [1.82, 2.24) is 15.2 Å². The summed E-state index contributed by atoms with van der Waals surface area (Å²) in [7, 11) is 0. The van der Waals surface area contributed by atoms with Gasteiger partial charge < -0.3 is 0 Å². The van der Waals surface area contributed by atoms with E-state index in [4.69, 9.17) is 17.4 Å². The lowest BCUT2D eigenvalue weighted by Crippen LogP contribution is -2.31. The van der Waals surface area contributed by atoms with Gasteiger partial charge in [0.05, 0.1) is 23.0 Å². The predicted molar refractivity (Wildman–Crippen MR) is 78.0 cm³/mol. The molecule has 0 saturated carbocycles. The number of halogens is 1. The summed E-state index contributed by atoms with van der Waals surface area (Å²) in [5.41, 5.74) is 7.26. The van der Waals surface area contributed by atoms with Crippen molar-refractivity contribution in [3.05, 3.63) is 51.8 Å². The zero-order valence-electron chi connectivity index (χ0n) is 11.4. The first-order valence-electron chi connectivity index (χ1n) is 6.33. The van der Waals surface area contributed by atoms with Gasteiger partial charge in [-0.2, -0.15) is 5.10 Å². The van der Waals surface area contributed by atoms with Crippen LogP contribution in [0.1, 0.15) is 35.3 Å². The van der Waals surface area contributed by atoms with Crippen LogP contribution in [0.25, 0.3) is 0 Å². The lowest BCUT2D eigenvalue weighted by Gasteiger charge is -2.20. The molecule has 2 rings (SSSR count). The molecule has 0 aliphatic rings. The van der Waals surface area contributed by atoms with Crippen LogP contribution in [0, 0.1) is 13.8 Å². The molecule has 5 heteroatoms. The maximum Gasteiger partial charge on any atom is 0.0896 e. The molecule has 1 aromatic carbocycles. The van der Waals surface area contributed by atoms with Gasteiger partial charge in [0.15, 0.2) is 0 Å². The second kappa shape index (κ2) is 5.74. The lowest BCUT2D eigenvalue weighted by atomic mass is 9.97. The molecular formula is C14H19ClN4. The minimum atomic E-state index is -0.158. The van der Waals surface area contributed by atoms with E-state index >= 15 is 0 Å². The Hall–Kier alpha value is -1.36.